The Morgan fingerprint density at radius 3 is 2.94 bits per heavy atom. The van der Waals surface area contributed by atoms with Crippen LogP contribution < -0.4 is 5.32 Å². The number of anilines is 1. The van der Waals surface area contributed by atoms with Gasteiger partial charge in [0, 0.05) is 30.1 Å². The smallest absolute Gasteiger partial charge is 0.164 e. The normalized spacial score (nSPS) is 17.1. The van der Waals surface area contributed by atoms with Gasteiger partial charge < -0.3 is 5.32 Å². The third-order valence-electron chi connectivity index (χ3n) is 3.18. The van der Waals surface area contributed by atoms with E-state index in [9.17, 15) is 4.79 Å². The third-order valence-corrected chi connectivity index (χ3v) is 3.36. The molecule has 0 saturated heterocycles. The molecule has 1 aliphatic rings. The summed E-state index contributed by atoms with van der Waals surface area (Å²) in [5, 5.41) is 3.41. The lowest BCUT2D eigenvalue weighted by Crippen LogP contribution is -2.30. The number of carbonyl (C=O) groups excluding carboxylic acids is 1. The number of fused-ring (bicyclic) bond motifs is 1. The SMILES string of the molecule is CC1(C)CNc2ccc(C(=O)CCCl)cc2C1. The van der Waals surface area contributed by atoms with Gasteiger partial charge in [0.15, 0.2) is 5.78 Å². The first-order valence-electron chi connectivity index (χ1n) is 5.98. The van der Waals surface area contributed by atoms with Crippen molar-refractivity contribution in [1.82, 2.24) is 0 Å². The van der Waals surface area contributed by atoms with Crippen LogP contribution in [0.2, 0.25) is 0 Å². The Morgan fingerprint density at radius 1 is 1.47 bits per heavy atom. The summed E-state index contributed by atoms with van der Waals surface area (Å²) in [7, 11) is 0. The van der Waals surface area contributed by atoms with Crippen molar-refractivity contribution in [2.24, 2.45) is 5.41 Å². The fraction of sp³-hybridized carbons (Fsp3) is 0.500. The molecule has 0 unspecified atom stereocenters. The zero-order chi connectivity index (χ0) is 12.5. The van der Waals surface area contributed by atoms with Crippen LogP contribution in [0, 0.1) is 5.41 Å². The highest BCUT2D eigenvalue weighted by Crippen LogP contribution is 2.32. The standard InChI is InChI=1S/C14H18ClNO/c1-14(2)8-11-7-10(13(17)5-6-15)3-4-12(11)16-9-14/h3-4,7,16H,5-6,8-9H2,1-2H3. The molecule has 17 heavy (non-hydrogen) atoms. The van der Waals surface area contributed by atoms with Crippen LogP contribution in [-0.4, -0.2) is 18.2 Å². The summed E-state index contributed by atoms with van der Waals surface area (Å²) in [6, 6.07) is 5.91. The van der Waals surface area contributed by atoms with Crippen LogP contribution in [0.15, 0.2) is 18.2 Å². The van der Waals surface area contributed by atoms with Gasteiger partial charge in [0.2, 0.25) is 0 Å². The number of carbonyl (C=O) groups is 1. The Hall–Kier alpha value is -1.02. The summed E-state index contributed by atoms with van der Waals surface area (Å²) in [5.74, 6) is 0.519. The minimum absolute atomic E-state index is 0.131. The van der Waals surface area contributed by atoms with E-state index in [1.165, 1.54) is 5.56 Å². The predicted octanol–water partition coefficient (Wildman–Crippen LogP) is 3.49. The number of rotatable bonds is 3. The number of alkyl halides is 1. The average molecular weight is 252 g/mol. The fourth-order valence-electron chi connectivity index (χ4n) is 2.23. The molecule has 3 heteroatoms. The van der Waals surface area contributed by atoms with Crippen molar-refractivity contribution in [3.8, 4) is 0 Å². The van der Waals surface area contributed by atoms with Crippen molar-refractivity contribution >= 4 is 23.1 Å². The molecule has 0 atom stereocenters. The molecule has 1 N–H and O–H groups in total. The van der Waals surface area contributed by atoms with Gasteiger partial charge in [0.1, 0.15) is 0 Å². The summed E-state index contributed by atoms with van der Waals surface area (Å²) in [6.07, 6.45) is 1.43. The van der Waals surface area contributed by atoms with Crippen molar-refractivity contribution in [3.63, 3.8) is 0 Å². The van der Waals surface area contributed by atoms with Gasteiger partial charge >= 0.3 is 0 Å². The van der Waals surface area contributed by atoms with Gasteiger partial charge in [-0.1, -0.05) is 13.8 Å². The summed E-state index contributed by atoms with van der Waals surface area (Å²) in [6.45, 7) is 5.45. The molecule has 1 heterocycles. The first-order valence-corrected chi connectivity index (χ1v) is 6.51. The highest BCUT2D eigenvalue weighted by Gasteiger charge is 2.25. The molecular formula is C14H18ClNO. The van der Waals surface area contributed by atoms with Gasteiger partial charge in [-0.3, -0.25) is 4.79 Å². The maximum absolute atomic E-state index is 11.8. The van der Waals surface area contributed by atoms with Crippen molar-refractivity contribution in [3.05, 3.63) is 29.3 Å². The van der Waals surface area contributed by atoms with E-state index in [1.54, 1.807) is 0 Å². The Kier molecular flexibility index (Phi) is 3.43. The minimum atomic E-state index is 0.131. The van der Waals surface area contributed by atoms with E-state index in [0.717, 1.165) is 24.2 Å². The molecule has 0 amide bonds. The zero-order valence-corrected chi connectivity index (χ0v) is 11.1. The molecule has 0 fully saturated rings. The van der Waals surface area contributed by atoms with Gasteiger partial charge in [-0.2, -0.15) is 0 Å². The largest absolute Gasteiger partial charge is 0.384 e. The Bertz CT molecular complexity index is 440. The van der Waals surface area contributed by atoms with E-state index < -0.39 is 0 Å². The molecule has 0 aromatic heterocycles. The monoisotopic (exact) mass is 251 g/mol. The molecule has 0 aliphatic carbocycles. The molecule has 2 rings (SSSR count). The topological polar surface area (TPSA) is 29.1 Å². The highest BCUT2D eigenvalue weighted by molar-refractivity contribution is 6.19. The van der Waals surface area contributed by atoms with Gasteiger partial charge in [-0.25, -0.2) is 0 Å². The number of benzene rings is 1. The first kappa shape index (κ1) is 12.4. The number of nitrogens with one attached hydrogen (secondary N) is 1. The Morgan fingerprint density at radius 2 is 2.24 bits per heavy atom. The van der Waals surface area contributed by atoms with Crippen molar-refractivity contribution in [2.75, 3.05) is 17.7 Å². The van der Waals surface area contributed by atoms with E-state index >= 15 is 0 Å². The number of hydrogen-bond acceptors (Lipinski definition) is 2. The van der Waals surface area contributed by atoms with Gasteiger partial charge in [-0.05, 0) is 35.6 Å². The van der Waals surface area contributed by atoms with E-state index in [-0.39, 0.29) is 11.2 Å². The number of hydrogen-bond donors (Lipinski definition) is 1. The van der Waals surface area contributed by atoms with Crippen LogP contribution in [0.5, 0.6) is 0 Å². The Balaban J connectivity index is 2.27. The van der Waals surface area contributed by atoms with Gasteiger partial charge in [0.25, 0.3) is 0 Å². The maximum atomic E-state index is 11.8. The van der Waals surface area contributed by atoms with E-state index in [2.05, 4.69) is 19.2 Å². The quantitative estimate of drug-likeness (QED) is 0.658. The minimum Gasteiger partial charge on any atom is -0.384 e. The van der Waals surface area contributed by atoms with Crippen LogP contribution in [0.4, 0.5) is 5.69 Å². The lowest BCUT2D eigenvalue weighted by Gasteiger charge is -2.32. The van der Waals surface area contributed by atoms with Crippen LogP contribution in [0.25, 0.3) is 0 Å². The third kappa shape index (κ3) is 2.81. The summed E-state index contributed by atoms with van der Waals surface area (Å²) < 4.78 is 0. The summed E-state index contributed by atoms with van der Waals surface area (Å²) >= 11 is 5.60. The number of ketones is 1. The maximum Gasteiger partial charge on any atom is 0.164 e. The lowest BCUT2D eigenvalue weighted by molar-refractivity contribution is 0.0989. The number of Topliss-reactive ketones (excluding diaryl/α,β-unsaturated/α-hetero) is 1. The fourth-order valence-corrected chi connectivity index (χ4v) is 2.40. The molecule has 92 valence electrons. The molecule has 0 bridgehead atoms. The second-order valence-electron chi connectivity index (χ2n) is 5.43. The van der Waals surface area contributed by atoms with E-state index in [4.69, 9.17) is 11.6 Å². The van der Waals surface area contributed by atoms with Crippen LogP contribution >= 0.6 is 11.6 Å². The van der Waals surface area contributed by atoms with Gasteiger partial charge in [0.05, 0.1) is 0 Å². The molecular weight excluding hydrogens is 234 g/mol. The second-order valence-corrected chi connectivity index (χ2v) is 5.81. The summed E-state index contributed by atoms with van der Waals surface area (Å²) in [5.41, 5.74) is 3.43. The average Bonchev–Trinajstić information content (AvgIpc) is 2.27. The van der Waals surface area contributed by atoms with Crippen molar-refractivity contribution in [2.45, 2.75) is 26.7 Å². The number of halogens is 1. The highest BCUT2D eigenvalue weighted by atomic mass is 35.5. The first-order chi connectivity index (χ1) is 8.02. The zero-order valence-electron chi connectivity index (χ0n) is 10.3. The Labute approximate surface area is 107 Å². The van der Waals surface area contributed by atoms with Crippen molar-refractivity contribution < 1.29 is 4.79 Å². The summed E-state index contributed by atoms with van der Waals surface area (Å²) in [4.78, 5) is 11.8. The molecule has 1 aromatic carbocycles. The molecule has 0 saturated carbocycles. The van der Waals surface area contributed by atoms with Crippen LogP contribution in [-0.2, 0) is 6.42 Å². The molecule has 1 aromatic rings. The second kappa shape index (κ2) is 4.69. The van der Waals surface area contributed by atoms with E-state index in [1.807, 2.05) is 18.2 Å². The lowest BCUT2D eigenvalue weighted by atomic mass is 9.81. The van der Waals surface area contributed by atoms with Gasteiger partial charge in [-0.15, -0.1) is 11.6 Å². The van der Waals surface area contributed by atoms with Crippen molar-refractivity contribution in [1.29, 1.82) is 0 Å². The molecule has 0 radical (unpaired) electrons. The molecule has 2 nitrogen and oxygen atoms in total. The molecule has 0 spiro atoms. The molecule has 1 aliphatic heterocycles. The van der Waals surface area contributed by atoms with Crippen LogP contribution in [0.1, 0.15) is 36.2 Å². The van der Waals surface area contributed by atoms with E-state index in [0.29, 0.717) is 12.3 Å². The predicted molar refractivity (Wildman–Crippen MR) is 72.1 cm³/mol. The van der Waals surface area contributed by atoms with Crippen LogP contribution in [0.3, 0.4) is 0 Å².